The van der Waals surface area contributed by atoms with Crippen LogP contribution in [0.2, 0.25) is 0 Å². The summed E-state index contributed by atoms with van der Waals surface area (Å²) in [5.74, 6) is -1.29. The van der Waals surface area contributed by atoms with Crippen LogP contribution in [-0.2, 0) is 16.2 Å². The normalized spacial score (nSPS) is 17.7. The van der Waals surface area contributed by atoms with Crippen molar-refractivity contribution in [3.8, 4) is 5.75 Å². The van der Waals surface area contributed by atoms with Crippen LogP contribution in [0.3, 0.4) is 0 Å². The molecule has 0 unspecified atom stereocenters. The predicted molar refractivity (Wildman–Crippen MR) is 126 cm³/mol. The number of amides is 2. The highest BCUT2D eigenvalue weighted by atomic mass is 32.2. The van der Waals surface area contributed by atoms with Gasteiger partial charge in [0, 0.05) is 11.3 Å². The molecule has 2 atom stereocenters. The van der Waals surface area contributed by atoms with Gasteiger partial charge in [0.2, 0.25) is 11.8 Å². The first-order valence-corrected chi connectivity index (χ1v) is 11.2. The lowest BCUT2D eigenvalue weighted by Gasteiger charge is -2.25. The van der Waals surface area contributed by atoms with Crippen molar-refractivity contribution >= 4 is 35.2 Å². The average Bonchev–Trinajstić information content (AvgIpc) is 3.14. The number of nitrogens with two attached hydrogens (primary N) is 1. The molecule has 3 N–H and O–H groups in total. The van der Waals surface area contributed by atoms with Crippen LogP contribution in [0.15, 0.2) is 78.9 Å². The maximum Gasteiger partial charge on any atom is 0.305 e. The number of ether oxygens (including phenoxy) is 1. The van der Waals surface area contributed by atoms with Crippen LogP contribution in [0.25, 0.3) is 0 Å². The minimum absolute atomic E-state index is 0.274. The molecule has 4 rings (SSSR count). The monoisotopic (exact) mass is 462 g/mol. The Morgan fingerprint density at radius 2 is 1.73 bits per heavy atom. The van der Waals surface area contributed by atoms with Crippen LogP contribution in [0.1, 0.15) is 33.3 Å². The Balaban J connectivity index is 1.59. The Morgan fingerprint density at radius 3 is 2.39 bits per heavy atom. The van der Waals surface area contributed by atoms with Crippen LogP contribution in [0.4, 0.5) is 5.69 Å². The Bertz CT molecular complexity index is 1170. The van der Waals surface area contributed by atoms with E-state index < -0.39 is 22.5 Å². The first-order valence-electron chi connectivity index (χ1n) is 10.3. The smallest absolute Gasteiger partial charge is 0.305 e. The van der Waals surface area contributed by atoms with Gasteiger partial charge in [-0.15, -0.1) is 11.8 Å². The molecule has 1 aliphatic rings. The third-order valence-corrected chi connectivity index (χ3v) is 6.66. The molecule has 0 aromatic heterocycles. The van der Waals surface area contributed by atoms with Crippen LogP contribution in [-0.4, -0.2) is 28.1 Å². The molecular weight excluding hydrogens is 440 g/mol. The van der Waals surface area contributed by atoms with Crippen molar-refractivity contribution in [2.75, 3.05) is 4.90 Å². The van der Waals surface area contributed by atoms with Crippen molar-refractivity contribution in [2.45, 2.75) is 23.7 Å². The summed E-state index contributed by atoms with van der Waals surface area (Å²) in [5, 5.41) is 8.06. The molecule has 33 heavy (non-hydrogen) atoms. The minimum Gasteiger partial charge on any atom is -0.489 e. The molecule has 0 saturated carbocycles. The van der Waals surface area contributed by atoms with Gasteiger partial charge in [0.1, 0.15) is 17.7 Å². The number of rotatable bonds is 8. The molecular formula is C25H22N2O5S. The SMILES string of the molecule is NC(=O)c1cccc(N2C(=O)[C@H](CC(=O)O)S[C@H]2c2ccc(OCc3ccccc3)cc2)c1. The number of carboxylic acid groups (broad SMARTS) is 1. The molecule has 8 heteroatoms. The van der Waals surface area contributed by atoms with Crippen LogP contribution < -0.4 is 15.4 Å². The molecule has 2 amide bonds. The second kappa shape index (κ2) is 9.79. The second-order valence-electron chi connectivity index (χ2n) is 7.54. The lowest BCUT2D eigenvalue weighted by atomic mass is 10.1. The fraction of sp³-hybridized carbons (Fsp3) is 0.160. The Morgan fingerprint density at radius 1 is 1.00 bits per heavy atom. The van der Waals surface area contributed by atoms with Crippen molar-refractivity contribution in [3.05, 3.63) is 95.6 Å². The Kier molecular flexibility index (Phi) is 6.65. The third-order valence-electron chi connectivity index (χ3n) is 5.22. The number of aliphatic carboxylic acids is 1. The summed E-state index contributed by atoms with van der Waals surface area (Å²) >= 11 is 1.27. The number of carbonyl (C=O) groups excluding carboxylic acids is 2. The van der Waals surface area contributed by atoms with Crippen molar-refractivity contribution < 1.29 is 24.2 Å². The van der Waals surface area contributed by atoms with E-state index in [-0.39, 0.29) is 17.9 Å². The molecule has 1 heterocycles. The van der Waals surface area contributed by atoms with E-state index in [1.54, 1.807) is 24.3 Å². The highest BCUT2D eigenvalue weighted by Crippen LogP contribution is 2.47. The maximum absolute atomic E-state index is 13.1. The van der Waals surface area contributed by atoms with E-state index in [9.17, 15) is 19.5 Å². The summed E-state index contributed by atoms with van der Waals surface area (Å²) < 4.78 is 5.84. The Hall–Kier alpha value is -3.78. The zero-order valence-electron chi connectivity index (χ0n) is 17.6. The van der Waals surface area contributed by atoms with Gasteiger partial charge in [-0.2, -0.15) is 0 Å². The fourth-order valence-electron chi connectivity index (χ4n) is 3.61. The van der Waals surface area contributed by atoms with Gasteiger partial charge in [0.05, 0.1) is 11.7 Å². The molecule has 0 spiro atoms. The number of carboxylic acids is 1. The van der Waals surface area contributed by atoms with E-state index in [2.05, 4.69) is 0 Å². The molecule has 168 valence electrons. The van der Waals surface area contributed by atoms with E-state index in [0.717, 1.165) is 11.1 Å². The lowest BCUT2D eigenvalue weighted by molar-refractivity contribution is -0.138. The summed E-state index contributed by atoms with van der Waals surface area (Å²) in [4.78, 5) is 37.6. The molecule has 1 fully saturated rings. The summed E-state index contributed by atoms with van der Waals surface area (Å²) in [5.41, 5.74) is 8.04. The molecule has 0 aliphatic carbocycles. The molecule has 7 nitrogen and oxygen atoms in total. The van der Waals surface area contributed by atoms with Gasteiger partial charge in [-0.1, -0.05) is 48.5 Å². The molecule has 0 radical (unpaired) electrons. The minimum atomic E-state index is -1.04. The molecule has 3 aromatic rings. The number of anilines is 1. The van der Waals surface area contributed by atoms with Crippen LogP contribution in [0.5, 0.6) is 5.75 Å². The van der Waals surface area contributed by atoms with Gasteiger partial charge in [-0.25, -0.2) is 0 Å². The molecule has 1 saturated heterocycles. The number of benzene rings is 3. The highest BCUT2D eigenvalue weighted by Gasteiger charge is 2.43. The van der Waals surface area contributed by atoms with Crippen molar-refractivity contribution in [2.24, 2.45) is 5.73 Å². The lowest BCUT2D eigenvalue weighted by Crippen LogP contribution is -2.32. The summed E-state index contributed by atoms with van der Waals surface area (Å²) in [6.45, 7) is 0.434. The van der Waals surface area contributed by atoms with Gasteiger partial charge < -0.3 is 15.6 Å². The first kappa shape index (κ1) is 22.4. The number of primary amides is 1. The molecule has 1 aliphatic heterocycles. The van der Waals surface area contributed by atoms with Crippen LogP contribution in [0, 0.1) is 0 Å². The van der Waals surface area contributed by atoms with E-state index >= 15 is 0 Å². The van der Waals surface area contributed by atoms with E-state index in [0.29, 0.717) is 18.0 Å². The average molecular weight is 463 g/mol. The van der Waals surface area contributed by atoms with Crippen molar-refractivity contribution in [1.29, 1.82) is 0 Å². The predicted octanol–water partition coefficient (Wildman–Crippen LogP) is 3.99. The molecule has 0 bridgehead atoms. The Labute approximate surface area is 195 Å². The van der Waals surface area contributed by atoms with Gasteiger partial charge in [-0.05, 0) is 41.5 Å². The van der Waals surface area contributed by atoms with Gasteiger partial charge in [-0.3, -0.25) is 19.3 Å². The number of hydrogen-bond donors (Lipinski definition) is 2. The van der Waals surface area contributed by atoms with Crippen LogP contribution >= 0.6 is 11.8 Å². The largest absolute Gasteiger partial charge is 0.489 e. The quantitative estimate of drug-likeness (QED) is 0.524. The second-order valence-corrected chi connectivity index (χ2v) is 8.83. The summed E-state index contributed by atoms with van der Waals surface area (Å²) in [6, 6.07) is 23.7. The topological polar surface area (TPSA) is 110 Å². The van der Waals surface area contributed by atoms with E-state index in [1.165, 1.54) is 16.7 Å². The number of hydrogen-bond acceptors (Lipinski definition) is 5. The van der Waals surface area contributed by atoms with E-state index in [1.807, 2.05) is 54.6 Å². The van der Waals surface area contributed by atoms with Gasteiger partial charge >= 0.3 is 5.97 Å². The summed E-state index contributed by atoms with van der Waals surface area (Å²) in [6.07, 6.45) is -0.287. The maximum atomic E-state index is 13.1. The molecule has 3 aromatic carbocycles. The number of nitrogens with zero attached hydrogens (tertiary/aromatic N) is 1. The fourth-order valence-corrected chi connectivity index (χ4v) is 5.05. The number of carbonyl (C=O) groups is 3. The zero-order chi connectivity index (χ0) is 23.4. The highest BCUT2D eigenvalue weighted by molar-refractivity contribution is 8.01. The zero-order valence-corrected chi connectivity index (χ0v) is 18.4. The van der Waals surface area contributed by atoms with Gasteiger partial charge in [0.25, 0.3) is 0 Å². The standard InChI is InChI=1S/C25H22N2O5S/c26-23(30)18-7-4-8-19(13-18)27-24(31)21(14-22(28)29)33-25(27)17-9-11-20(12-10-17)32-15-16-5-2-1-3-6-16/h1-13,21,25H,14-15H2,(H2,26,30)(H,28,29)/t21-,25-/m0/s1. The van der Waals surface area contributed by atoms with Crippen molar-refractivity contribution in [3.63, 3.8) is 0 Å². The van der Waals surface area contributed by atoms with Gasteiger partial charge in [0.15, 0.2) is 0 Å². The van der Waals surface area contributed by atoms with Crippen molar-refractivity contribution in [1.82, 2.24) is 0 Å². The first-order chi connectivity index (χ1) is 15.9. The van der Waals surface area contributed by atoms with E-state index in [4.69, 9.17) is 10.5 Å². The summed E-state index contributed by atoms with van der Waals surface area (Å²) in [7, 11) is 0. The third kappa shape index (κ3) is 5.18. The number of thioether (sulfide) groups is 1.